The van der Waals surface area contributed by atoms with Crippen LogP contribution in [-0.2, 0) is 11.0 Å². The van der Waals surface area contributed by atoms with Crippen LogP contribution in [0.1, 0.15) is 51.6 Å². The van der Waals surface area contributed by atoms with Crippen LogP contribution in [-0.4, -0.2) is 30.3 Å². The highest BCUT2D eigenvalue weighted by Gasteiger charge is 2.34. The highest BCUT2D eigenvalue weighted by molar-refractivity contribution is 5.63. The van der Waals surface area contributed by atoms with Gasteiger partial charge >= 0.3 is 0 Å². The first-order chi connectivity index (χ1) is 16.1. The first kappa shape index (κ1) is 23.4. The molecular weight excluding hydrogens is 424 g/mol. The van der Waals surface area contributed by atoms with Crippen molar-refractivity contribution in [1.29, 1.82) is 0 Å². The molecule has 0 amide bonds. The molecule has 7 nitrogen and oxygen atoms in total. The summed E-state index contributed by atoms with van der Waals surface area (Å²) in [6.45, 7) is 10.0. The predicted octanol–water partition coefficient (Wildman–Crippen LogP) is 4.77. The molecule has 0 saturated heterocycles. The third-order valence-corrected chi connectivity index (χ3v) is 6.53. The Morgan fingerprint density at radius 1 is 0.706 bits per heavy atom. The van der Waals surface area contributed by atoms with Crippen LogP contribution in [0.3, 0.4) is 0 Å². The minimum atomic E-state index is -1.02. The molecule has 174 valence electrons. The first-order valence-corrected chi connectivity index (χ1v) is 11.3. The molecular formula is C27H30N6O. The summed E-state index contributed by atoms with van der Waals surface area (Å²) < 4.78 is 0. The molecule has 0 aliphatic heterocycles. The molecule has 3 heterocycles. The molecule has 1 atom stereocenters. The zero-order valence-corrected chi connectivity index (χ0v) is 20.2. The Morgan fingerprint density at radius 2 is 1.29 bits per heavy atom. The zero-order chi connectivity index (χ0) is 24.5. The summed E-state index contributed by atoms with van der Waals surface area (Å²) >= 11 is 0. The van der Waals surface area contributed by atoms with E-state index in [-0.39, 0.29) is 11.4 Å². The van der Waals surface area contributed by atoms with Crippen LogP contribution >= 0.6 is 0 Å². The lowest BCUT2D eigenvalue weighted by Crippen LogP contribution is -2.31. The molecule has 3 N–H and O–H groups in total. The second kappa shape index (κ2) is 8.91. The van der Waals surface area contributed by atoms with Gasteiger partial charge < -0.3 is 10.8 Å². The Balaban J connectivity index is 1.63. The quantitative estimate of drug-likeness (QED) is 0.432. The van der Waals surface area contributed by atoms with Gasteiger partial charge in [-0.2, -0.15) is 10.2 Å². The Kier molecular flexibility index (Phi) is 6.15. The van der Waals surface area contributed by atoms with Gasteiger partial charge in [-0.05, 0) is 62.1 Å². The lowest BCUT2D eigenvalue weighted by atomic mass is 9.70. The van der Waals surface area contributed by atoms with Crippen LogP contribution in [0.2, 0.25) is 0 Å². The van der Waals surface area contributed by atoms with E-state index in [2.05, 4.69) is 71.3 Å². The lowest BCUT2D eigenvalue weighted by Gasteiger charge is -2.34. The minimum Gasteiger partial charge on any atom is -0.384 e. The SMILES string of the molecule is CC(C)[C@](C)(c1ccc(-c2cnc(N)nc2)cc1)c1ccc(-c2ccc(C(C)(C)O)nn2)cn1. The highest BCUT2D eigenvalue weighted by Crippen LogP contribution is 2.39. The van der Waals surface area contributed by atoms with E-state index in [4.69, 9.17) is 10.7 Å². The van der Waals surface area contributed by atoms with E-state index in [1.807, 2.05) is 18.3 Å². The normalized spacial score (nSPS) is 13.6. The van der Waals surface area contributed by atoms with E-state index in [1.54, 1.807) is 32.3 Å². The van der Waals surface area contributed by atoms with Crippen molar-refractivity contribution in [3.8, 4) is 22.4 Å². The topological polar surface area (TPSA) is 111 Å². The van der Waals surface area contributed by atoms with Crippen molar-refractivity contribution in [3.05, 3.63) is 84.1 Å². The van der Waals surface area contributed by atoms with Gasteiger partial charge in [-0.25, -0.2) is 9.97 Å². The molecule has 0 saturated carbocycles. The van der Waals surface area contributed by atoms with Gasteiger partial charge in [0.25, 0.3) is 0 Å². The fourth-order valence-electron chi connectivity index (χ4n) is 3.94. The van der Waals surface area contributed by atoms with Gasteiger partial charge in [0.05, 0.1) is 17.1 Å². The van der Waals surface area contributed by atoms with E-state index >= 15 is 0 Å². The van der Waals surface area contributed by atoms with E-state index in [0.29, 0.717) is 17.3 Å². The van der Waals surface area contributed by atoms with Crippen molar-refractivity contribution in [2.24, 2.45) is 5.92 Å². The van der Waals surface area contributed by atoms with Crippen LogP contribution in [0.25, 0.3) is 22.4 Å². The van der Waals surface area contributed by atoms with Crippen molar-refractivity contribution in [2.75, 3.05) is 5.73 Å². The molecule has 34 heavy (non-hydrogen) atoms. The smallest absolute Gasteiger partial charge is 0.219 e. The monoisotopic (exact) mass is 454 g/mol. The molecule has 0 spiro atoms. The van der Waals surface area contributed by atoms with Gasteiger partial charge in [0.2, 0.25) is 5.95 Å². The van der Waals surface area contributed by atoms with Crippen LogP contribution in [0.4, 0.5) is 5.95 Å². The van der Waals surface area contributed by atoms with Crippen molar-refractivity contribution in [2.45, 2.75) is 45.6 Å². The molecule has 1 aromatic carbocycles. The molecule has 0 unspecified atom stereocenters. The van der Waals surface area contributed by atoms with Crippen molar-refractivity contribution in [3.63, 3.8) is 0 Å². The Hall–Kier alpha value is -3.71. The van der Waals surface area contributed by atoms with Crippen LogP contribution < -0.4 is 5.73 Å². The Labute approximate surface area is 200 Å². The van der Waals surface area contributed by atoms with E-state index < -0.39 is 5.60 Å². The molecule has 4 aromatic rings. The fraction of sp³-hybridized carbons (Fsp3) is 0.296. The van der Waals surface area contributed by atoms with Gasteiger partial charge in [0.15, 0.2) is 0 Å². The molecule has 0 aliphatic rings. The maximum atomic E-state index is 10.1. The summed E-state index contributed by atoms with van der Waals surface area (Å²) in [4.78, 5) is 13.0. The number of aromatic nitrogens is 5. The standard InChI is InChI=1S/C27H30N6O/c1-17(2)27(5,21-9-6-18(7-10-21)20-15-30-25(28)31-16-20)24-12-8-19(14-29-24)22-11-13-23(33-32-22)26(3,4)34/h6-17,34H,1-5H3,(H2,28,30,31)/t27-/m1/s1. The lowest BCUT2D eigenvalue weighted by molar-refractivity contribution is 0.0729. The van der Waals surface area contributed by atoms with Gasteiger partial charge in [-0.15, -0.1) is 0 Å². The summed E-state index contributed by atoms with van der Waals surface area (Å²) in [6, 6.07) is 16.2. The predicted molar refractivity (Wildman–Crippen MR) is 134 cm³/mol. The van der Waals surface area contributed by atoms with Gasteiger partial charge in [0.1, 0.15) is 5.60 Å². The number of benzene rings is 1. The fourth-order valence-corrected chi connectivity index (χ4v) is 3.94. The second-order valence-corrected chi connectivity index (χ2v) is 9.56. The highest BCUT2D eigenvalue weighted by atomic mass is 16.3. The Morgan fingerprint density at radius 3 is 1.79 bits per heavy atom. The molecule has 0 fully saturated rings. The number of nitrogen functional groups attached to an aromatic ring is 1. The summed E-state index contributed by atoms with van der Waals surface area (Å²) in [5, 5.41) is 18.5. The van der Waals surface area contributed by atoms with E-state index in [0.717, 1.165) is 22.4 Å². The third kappa shape index (κ3) is 4.52. The number of pyridine rings is 1. The van der Waals surface area contributed by atoms with E-state index in [1.165, 1.54) is 5.56 Å². The number of nitrogens with two attached hydrogens (primary N) is 1. The molecule has 3 aromatic heterocycles. The van der Waals surface area contributed by atoms with Gasteiger partial charge in [-0.1, -0.05) is 38.1 Å². The summed E-state index contributed by atoms with van der Waals surface area (Å²) in [5.41, 5.74) is 10.5. The van der Waals surface area contributed by atoms with Crippen molar-refractivity contribution >= 4 is 5.95 Å². The zero-order valence-electron chi connectivity index (χ0n) is 20.2. The summed E-state index contributed by atoms with van der Waals surface area (Å²) in [6.07, 6.45) is 5.30. The van der Waals surface area contributed by atoms with E-state index in [9.17, 15) is 5.11 Å². The van der Waals surface area contributed by atoms with Crippen molar-refractivity contribution in [1.82, 2.24) is 25.1 Å². The maximum Gasteiger partial charge on any atom is 0.219 e. The largest absolute Gasteiger partial charge is 0.384 e. The first-order valence-electron chi connectivity index (χ1n) is 11.3. The Bertz CT molecular complexity index is 1250. The molecule has 0 radical (unpaired) electrons. The number of nitrogens with zero attached hydrogens (tertiary/aromatic N) is 5. The minimum absolute atomic E-state index is 0.265. The summed E-state index contributed by atoms with van der Waals surface area (Å²) in [5.74, 6) is 0.573. The molecule has 4 rings (SSSR count). The number of aliphatic hydroxyl groups is 1. The van der Waals surface area contributed by atoms with Crippen LogP contribution in [0, 0.1) is 5.92 Å². The number of rotatable bonds is 6. The summed E-state index contributed by atoms with van der Waals surface area (Å²) in [7, 11) is 0. The molecule has 0 aliphatic carbocycles. The average Bonchev–Trinajstić information content (AvgIpc) is 2.84. The maximum absolute atomic E-state index is 10.1. The number of anilines is 1. The third-order valence-electron chi connectivity index (χ3n) is 6.53. The van der Waals surface area contributed by atoms with Crippen LogP contribution in [0.5, 0.6) is 0 Å². The number of hydrogen-bond acceptors (Lipinski definition) is 7. The molecule has 7 heteroatoms. The second-order valence-electron chi connectivity index (χ2n) is 9.56. The van der Waals surface area contributed by atoms with Crippen molar-refractivity contribution < 1.29 is 5.11 Å². The molecule has 0 bridgehead atoms. The van der Waals surface area contributed by atoms with Gasteiger partial charge in [-0.3, -0.25) is 4.98 Å². The average molecular weight is 455 g/mol. The van der Waals surface area contributed by atoms with Gasteiger partial charge in [0, 0.05) is 35.1 Å². The van der Waals surface area contributed by atoms with Crippen LogP contribution in [0.15, 0.2) is 67.1 Å². The number of hydrogen-bond donors (Lipinski definition) is 2.